The molecule has 5 nitrogen and oxygen atoms in total. The van der Waals surface area contributed by atoms with Gasteiger partial charge in [-0.2, -0.15) is 0 Å². The molecule has 0 radical (unpaired) electrons. The highest BCUT2D eigenvalue weighted by Gasteiger charge is 2.07. The molecular weight excluding hydrogens is 324 g/mol. The maximum absolute atomic E-state index is 12.7. The van der Waals surface area contributed by atoms with Crippen molar-refractivity contribution in [1.29, 1.82) is 0 Å². The largest absolute Gasteiger partial charge is 0.365 e. The summed E-state index contributed by atoms with van der Waals surface area (Å²) < 4.78 is 1.62. The van der Waals surface area contributed by atoms with Gasteiger partial charge in [0.05, 0.1) is 0 Å². The molecule has 0 aliphatic heterocycles. The van der Waals surface area contributed by atoms with Gasteiger partial charge in [-0.1, -0.05) is 30.3 Å². The molecule has 2 aromatic heterocycles. The Hall–Kier alpha value is -3.34. The molecule has 2 aromatic carbocycles. The molecule has 0 atom stereocenters. The maximum Gasteiger partial charge on any atom is 0.297 e. The van der Waals surface area contributed by atoms with Crippen LogP contribution in [0.25, 0.3) is 16.6 Å². The number of para-hydroxylation sites is 1. The van der Waals surface area contributed by atoms with E-state index in [0.29, 0.717) is 12.4 Å². The Morgan fingerprint density at radius 3 is 2.92 bits per heavy atom. The minimum atomic E-state index is -0.142. The van der Waals surface area contributed by atoms with Gasteiger partial charge in [0.2, 0.25) is 0 Å². The number of rotatable bonds is 5. The van der Waals surface area contributed by atoms with Crippen molar-refractivity contribution < 1.29 is 0 Å². The first-order valence-corrected chi connectivity index (χ1v) is 8.66. The molecule has 0 unspecified atom stereocenters. The van der Waals surface area contributed by atoms with E-state index in [1.165, 1.54) is 10.9 Å². The minimum absolute atomic E-state index is 0.142. The highest BCUT2D eigenvalue weighted by Crippen LogP contribution is 2.18. The van der Waals surface area contributed by atoms with E-state index in [-0.39, 0.29) is 5.56 Å². The lowest BCUT2D eigenvalue weighted by atomic mass is 10.1. The first-order valence-electron chi connectivity index (χ1n) is 8.66. The van der Waals surface area contributed by atoms with Gasteiger partial charge in [0, 0.05) is 41.7 Å². The highest BCUT2D eigenvalue weighted by molar-refractivity contribution is 5.83. The molecule has 0 fully saturated rings. The number of hydrogen-bond acceptors (Lipinski definition) is 3. The van der Waals surface area contributed by atoms with Crippen molar-refractivity contribution in [1.82, 2.24) is 14.5 Å². The molecule has 0 spiro atoms. The van der Waals surface area contributed by atoms with Crippen LogP contribution in [0.15, 0.2) is 71.9 Å². The molecule has 2 N–H and O–H groups in total. The maximum atomic E-state index is 12.7. The SMILES string of the molecule is Cc1cccc(-n2ccnc(NCCc3c[nH]c4ccccc34)c2=O)c1. The number of hydrogen-bond donors (Lipinski definition) is 2. The Bertz CT molecular complexity index is 1110. The predicted octanol–water partition coefficient (Wildman–Crippen LogP) is 3.68. The first-order chi connectivity index (χ1) is 12.7. The van der Waals surface area contributed by atoms with Crippen molar-refractivity contribution in [3.05, 3.63) is 88.6 Å². The molecular formula is C21H20N4O. The van der Waals surface area contributed by atoms with Crippen molar-refractivity contribution in [2.45, 2.75) is 13.3 Å². The predicted molar refractivity (Wildman–Crippen MR) is 105 cm³/mol. The molecule has 130 valence electrons. The Labute approximate surface area is 151 Å². The van der Waals surface area contributed by atoms with Crippen LogP contribution in [0, 0.1) is 6.92 Å². The number of anilines is 1. The molecule has 5 heteroatoms. The molecule has 0 bridgehead atoms. The number of aromatic amines is 1. The quantitative estimate of drug-likeness (QED) is 0.580. The summed E-state index contributed by atoms with van der Waals surface area (Å²) in [5, 5.41) is 4.40. The number of aromatic nitrogens is 3. The summed E-state index contributed by atoms with van der Waals surface area (Å²) in [4.78, 5) is 20.2. The van der Waals surface area contributed by atoms with Gasteiger partial charge in [0.15, 0.2) is 5.82 Å². The van der Waals surface area contributed by atoms with E-state index in [9.17, 15) is 4.79 Å². The highest BCUT2D eigenvalue weighted by atomic mass is 16.1. The average Bonchev–Trinajstić information content (AvgIpc) is 3.06. The molecule has 0 saturated heterocycles. The second kappa shape index (κ2) is 6.88. The fourth-order valence-electron chi connectivity index (χ4n) is 3.17. The van der Waals surface area contributed by atoms with Gasteiger partial charge in [0.1, 0.15) is 0 Å². The van der Waals surface area contributed by atoms with Crippen molar-refractivity contribution >= 4 is 16.7 Å². The molecule has 0 saturated carbocycles. The smallest absolute Gasteiger partial charge is 0.297 e. The summed E-state index contributed by atoms with van der Waals surface area (Å²) in [7, 11) is 0. The zero-order chi connectivity index (χ0) is 17.9. The summed E-state index contributed by atoms with van der Waals surface area (Å²) in [5.41, 5.74) is 4.17. The van der Waals surface area contributed by atoms with Crippen LogP contribution >= 0.6 is 0 Å². The van der Waals surface area contributed by atoms with E-state index in [0.717, 1.165) is 23.2 Å². The van der Waals surface area contributed by atoms with Gasteiger partial charge in [0.25, 0.3) is 5.56 Å². The number of nitrogens with zero attached hydrogens (tertiary/aromatic N) is 2. The van der Waals surface area contributed by atoms with Crippen molar-refractivity contribution in [2.75, 3.05) is 11.9 Å². The lowest BCUT2D eigenvalue weighted by Crippen LogP contribution is -2.24. The van der Waals surface area contributed by atoms with Crippen LogP contribution in [-0.4, -0.2) is 21.1 Å². The zero-order valence-electron chi connectivity index (χ0n) is 14.6. The van der Waals surface area contributed by atoms with Crippen molar-refractivity contribution in [3.63, 3.8) is 0 Å². The van der Waals surface area contributed by atoms with Crippen LogP contribution in [0.1, 0.15) is 11.1 Å². The van der Waals surface area contributed by atoms with Crippen LogP contribution in [0.4, 0.5) is 5.82 Å². The van der Waals surface area contributed by atoms with Crippen molar-refractivity contribution in [3.8, 4) is 5.69 Å². The number of nitrogens with one attached hydrogen (secondary N) is 2. The van der Waals surface area contributed by atoms with Crippen LogP contribution in [-0.2, 0) is 6.42 Å². The lowest BCUT2D eigenvalue weighted by Gasteiger charge is -2.09. The summed E-state index contributed by atoms with van der Waals surface area (Å²) in [6.07, 6.45) is 6.18. The van der Waals surface area contributed by atoms with E-state index in [4.69, 9.17) is 0 Å². The number of fused-ring (bicyclic) bond motifs is 1. The lowest BCUT2D eigenvalue weighted by molar-refractivity contribution is 0.932. The van der Waals surface area contributed by atoms with E-state index in [1.807, 2.05) is 49.5 Å². The van der Waals surface area contributed by atoms with Crippen molar-refractivity contribution in [2.24, 2.45) is 0 Å². The van der Waals surface area contributed by atoms with E-state index in [2.05, 4.69) is 27.4 Å². The monoisotopic (exact) mass is 344 g/mol. The number of benzene rings is 2. The third-order valence-corrected chi connectivity index (χ3v) is 4.48. The number of H-pyrrole nitrogens is 1. The Kier molecular flexibility index (Phi) is 4.27. The molecule has 0 aliphatic rings. The zero-order valence-corrected chi connectivity index (χ0v) is 14.6. The Morgan fingerprint density at radius 1 is 1.15 bits per heavy atom. The third kappa shape index (κ3) is 3.11. The Balaban J connectivity index is 1.52. The minimum Gasteiger partial charge on any atom is -0.365 e. The van der Waals surface area contributed by atoms with E-state index in [1.54, 1.807) is 17.0 Å². The van der Waals surface area contributed by atoms with Gasteiger partial charge in [-0.25, -0.2) is 4.98 Å². The molecule has 4 rings (SSSR count). The summed E-state index contributed by atoms with van der Waals surface area (Å²) in [6.45, 7) is 2.65. The normalized spacial score (nSPS) is 11.0. The first kappa shape index (κ1) is 16.1. The van der Waals surface area contributed by atoms with Gasteiger partial charge < -0.3 is 10.3 Å². The van der Waals surface area contributed by atoms with E-state index < -0.39 is 0 Å². The van der Waals surface area contributed by atoms with Gasteiger partial charge in [-0.05, 0) is 42.7 Å². The fraction of sp³-hybridized carbons (Fsp3) is 0.143. The van der Waals surface area contributed by atoms with Crippen LogP contribution in [0.5, 0.6) is 0 Å². The number of aryl methyl sites for hydroxylation is 1. The summed E-state index contributed by atoms with van der Waals surface area (Å²) in [5.74, 6) is 0.369. The molecule has 0 aliphatic carbocycles. The fourth-order valence-corrected chi connectivity index (χ4v) is 3.17. The topological polar surface area (TPSA) is 62.7 Å². The molecule has 4 aromatic rings. The third-order valence-electron chi connectivity index (χ3n) is 4.48. The van der Waals surface area contributed by atoms with Gasteiger partial charge in [-0.15, -0.1) is 0 Å². The summed E-state index contributed by atoms with van der Waals surface area (Å²) in [6, 6.07) is 16.1. The second-order valence-corrected chi connectivity index (χ2v) is 6.33. The van der Waals surface area contributed by atoms with Crippen LogP contribution in [0.3, 0.4) is 0 Å². The second-order valence-electron chi connectivity index (χ2n) is 6.33. The van der Waals surface area contributed by atoms with Crippen LogP contribution < -0.4 is 10.9 Å². The Morgan fingerprint density at radius 2 is 2.04 bits per heavy atom. The summed E-state index contributed by atoms with van der Waals surface area (Å²) >= 11 is 0. The average molecular weight is 344 g/mol. The van der Waals surface area contributed by atoms with Crippen LogP contribution in [0.2, 0.25) is 0 Å². The van der Waals surface area contributed by atoms with Gasteiger partial charge >= 0.3 is 0 Å². The standard InChI is InChI=1S/C21H20N4O/c1-15-5-4-6-17(13-15)25-12-11-23-20(21(25)26)22-10-9-16-14-24-19-8-3-2-7-18(16)19/h2-8,11-14,24H,9-10H2,1H3,(H,22,23). The van der Waals surface area contributed by atoms with E-state index >= 15 is 0 Å². The molecule has 2 heterocycles. The molecule has 26 heavy (non-hydrogen) atoms. The molecule has 0 amide bonds. The van der Waals surface area contributed by atoms with Gasteiger partial charge in [-0.3, -0.25) is 9.36 Å².